The van der Waals surface area contributed by atoms with Crippen molar-refractivity contribution in [3.63, 3.8) is 0 Å². The summed E-state index contributed by atoms with van der Waals surface area (Å²) in [6, 6.07) is 0. The lowest BCUT2D eigenvalue weighted by Crippen LogP contribution is -2.02. The smallest absolute Gasteiger partial charge is 0.198 e. The average molecular weight is 166 g/mol. The molecule has 1 aromatic heterocycles. The van der Waals surface area contributed by atoms with Crippen LogP contribution in [0.3, 0.4) is 0 Å². The third kappa shape index (κ3) is 1.05. The SMILES string of the molecule is OC(O)c1n[nH]c2c1CC=CC2. The van der Waals surface area contributed by atoms with E-state index in [1.165, 1.54) is 0 Å². The van der Waals surface area contributed by atoms with E-state index in [9.17, 15) is 0 Å². The van der Waals surface area contributed by atoms with Crippen LogP contribution in [0.4, 0.5) is 0 Å². The predicted octanol–water partition coefficient (Wildman–Crippen LogP) is 0.0477. The summed E-state index contributed by atoms with van der Waals surface area (Å²) in [6.45, 7) is 0. The zero-order chi connectivity index (χ0) is 8.55. The molecule has 0 saturated carbocycles. The molecule has 0 aliphatic heterocycles. The molecule has 4 nitrogen and oxygen atoms in total. The molecule has 1 heterocycles. The second-order valence-electron chi connectivity index (χ2n) is 2.82. The standard InChI is InChI=1S/C8H10N2O2/c11-8(12)7-5-3-1-2-4-6(5)9-10-7/h1-2,8,11-12H,3-4H2,(H,9,10). The van der Waals surface area contributed by atoms with Crippen molar-refractivity contribution in [1.29, 1.82) is 0 Å². The van der Waals surface area contributed by atoms with Gasteiger partial charge in [0.1, 0.15) is 5.69 Å². The Hall–Kier alpha value is -1.13. The summed E-state index contributed by atoms with van der Waals surface area (Å²) in [4.78, 5) is 0. The largest absolute Gasteiger partial charge is 0.363 e. The van der Waals surface area contributed by atoms with Gasteiger partial charge in [-0.05, 0) is 6.42 Å². The third-order valence-electron chi connectivity index (χ3n) is 2.04. The molecule has 0 bridgehead atoms. The van der Waals surface area contributed by atoms with Gasteiger partial charge in [0.05, 0.1) is 0 Å². The molecule has 0 aromatic carbocycles. The lowest BCUT2D eigenvalue weighted by molar-refractivity contribution is -0.0464. The highest BCUT2D eigenvalue weighted by molar-refractivity contribution is 5.32. The molecule has 12 heavy (non-hydrogen) atoms. The van der Waals surface area contributed by atoms with E-state index < -0.39 is 6.29 Å². The summed E-state index contributed by atoms with van der Waals surface area (Å²) in [5.41, 5.74) is 2.27. The van der Waals surface area contributed by atoms with Gasteiger partial charge < -0.3 is 10.2 Å². The minimum absolute atomic E-state index is 0.356. The van der Waals surface area contributed by atoms with Crippen molar-refractivity contribution in [3.05, 3.63) is 29.1 Å². The molecule has 1 aromatic rings. The molecule has 0 radical (unpaired) electrons. The van der Waals surface area contributed by atoms with Gasteiger partial charge in [-0.15, -0.1) is 0 Å². The summed E-state index contributed by atoms with van der Waals surface area (Å²) in [5, 5.41) is 24.5. The maximum Gasteiger partial charge on any atom is 0.198 e. The predicted molar refractivity (Wildman–Crippen MR) is 42.3 cm³/mol. The molecular formula is C8H10N2O2. The molecule has 64 valence electrons. The van der Waals surface area contributed by atoms with Gasteiger partial charge in [0.25, 0.3) is 0 Å². The third-order valence-corrected chi connectivity index (χ3v) is 2.04. The lowest BCUT2D eigenvalue weighted by atomic mass is 10.0. The van der Waals surface area contributed by atoms with Gasteiger partial charge in [-0.2, -0.15) is 5.10 Å². The molecule has 0 spiro atoms. The zero-order valence-electron chi connectivity index (χ0n) is 6.49. The number of H-pyrrole nitrogens is 1. The molecule has 3 N–H and O–H groups in total. The van der Waals surface area contributed by atoms with Gasteiger partial charge in [-0.3, -0.25) is 5.10 Å². The van der Waals surface area contributed by atoms with Crippen molar-refractivity contribution in [3.8, 4) is 0 Å². The number of rotatable bonds is 1. The van der Waals surface area contributed by atoms with E-state index in [1.807, 2.05) is 12.2 Å². The van der Waals surface area contributed by atoms with Gasteiger partial charge >= 0.3 is 0 Å². The van der Waals surface area contributed by atoms with Crippen LogP contribution in [-0.2, 0) is 12.8 Å². The summed E-state index contributed by atoms with van der Waals surface area (Å²) in [6.07, 6.45) is 4.11. The number of aromatic nitrogens is 2. The van der Waals surface area contributed by atoms with Gasteiger partial charge in [-0.1, -0.05) is 12.2 Å². The first kappa shape index (κ1) is 7.52. The first-order valence-electron chi connectivity index (χ1n) is 3.86. The van der Waals surface area contributed by atoms with Crippen molar-refractivity contribution < 1.29 is 10.2 Å². The van der Waals surface area contributed by atoms with Crippen molar-refractivity contribution >= 4 is 0 Å². The van der Waals surface area contributed by atoms with Crippen LogP contribution in [0.2, 0.25) is 0 Å². The number of aliphatic hydroxyl groups is 2. The zero-order valence-corrected chi connectivity index (χ0v) is 6.49. The summed E-state index contributed by atoms with van der Waals surface area (Å²) in [5.74, 6) is 0. The van der Waals surface area contributed by atoms with Crippen LogP contribution in [0.25, 0.3) is 0 Å². The highest BCUT2D eigenvalue weighted by atomic mass is 16.5. The second kappa shape index (κ2) is 2.73. The molecule has 1 aliphatic carbocycles. The molecule has 0 saturated heterocycles. The van der Waals surface area contributed by atoms with Gasteiger partial charge in [-0.25, -0.2) is 0 Å². The molecular weight excluding hydrogens is 156 g/mol. The molecule has 0 unspecified atom stereocenters. The highest BCUT2D eigenvalue weighted by Crippen LogP contribution is 2.21. The maximum atomic E-state index is 8.92. The van der Waals surface area contributed by atoms with Gasteiger partial charge in [0.15, 0.2) is 6.29 Å². The summed E-state index contributed by atoms with van der Waals surface area (Å²) < 4.78 is 0. The Labute approximate surface area is 69.5 Å². The first-order chi connectivity index (χ1) is 5.79. The minimum Gasteiger partial charge on any atom is -0.363 e. The van der Waals surface area contributed by atoms with Crippen LogP contribution in [0.1, 0.15) is 23.2 Å². The van der Waals surface area contributed by atoms with E-state index >= 15 is 0 Å². The summed E-state index contributed by atoms with van der Waals surface area (Å²) >= 11 is 0. The number of aromatic amines is 1. The maximum absolute atomic E-state index is 8.92. The highest BCUT2D eigenvalue weighted by Gasteiger charge is 2.17. The molecule has 4 heteroatoms. The summed E-state index contributed by atoms with van der Waals surface area (Å²) in [7, 11) is 0. The number of aliphatic hydroxyl groups excluding tert-OH is 1. The minimum atomic E-state index is -1.46. The number of fused-ring (bicyclic) bond motifs is 1. The fourth-order valence-corrected chi connectivity index (χ4v) is 1.43. The molecule has 0 fully saturated rings. The Kier molecular flexibility index (Phi) is 1.71. The quantitative estimate of drug-likeness (QED) is 0.408. The van der Waals surface area contributed by atoms with Crippen LogP contribution < -0.4 is 0 Å². The van der Waals surface area contributed by atoms with Crippen LogP contribution in [0.15, 0.2) is 12.2 Å². The Balaban J connectivity index is 2.41. The van der Waals surface area contributed by atoms with Crippen LogP contribution in [-0.4, -0.2) is 20.4 Å². The van der Waals surface area contributed by atoms with E-state index in [2.05, 4.69) is 10.2 Å². The van der Waals surface area contributed by atoms with Gasteiger partial charge in [0.2, 0.25) is 0 Å². The van der Waals surface area contributed by atoms with Crippen LogP contribution in [0, 0.1) is 0 Å². The fourth-order valence-electron chi connectivity index (χ4n) is 1.43. The number of nitrogens with zero attached hydrogens (tertiary/aromatic N) is 1. The van der Waals surface area contributed by atoms with Crippen LogP contribution >= 0.6 is 0 Å². The normalized spacial score (nSPS) is 15.2. The second-order valence-corrected chi connectivity index (χ2v) is 2.82. The van der Waals surface area contributed by atoms with Gasteiger partial charge in [0, 0.05) is 17.7 Å². The Morgan fingerprint density at radius 1 is 1.33 bits per heavy atom. The first-order valence-corrected chi connectivity index (χ1v) is 3.86. The van der Waals surface area contributed by atoms with Crippen LogP contribution in [0.5, 0.6) is 0 Å². The van der Waals surface area contributed by atoms with Crippen molar-refractivity contribution in [2.75, 3.05) is 0 Å². The Morgan fingerprint density at radius 2 is 2.08 bits per heavy atom. The topological polar surface area (TPSA) is 69.1 Å². The van der Waals surface area contributed by atoms with E-state index in [-0.39, 0.29) is 0 Å². The average Bonchev–Trinajstić information content (AvgIpc) is 2.47. The van der Waals surface area contributed by atoms with E-state index in [4.69, 9.17) is 10.2 Å². The number of hydrogen-bond acceptors (Lipinski definition) is 3. The number of hydrogen-bond donors (Lipinski definition) is 3. The Bertz CT molecular complexity index is 315. The van der Waals surface area contributed by atoms with E-state index in [1.54, 1.807) is 0 Å². The van der Waals surface area contributed by atoms with E-state index in [0.29, 0.717) is 5.69 Å². The fraction of sp³-hybridized carbons (Fsp3) is 0.375. The molecule has 2 rings (SSSR count). The molecule has 0 amide bonds. The van der Waals surface area contributed by atoms with Crippen molar-refractivity contribution in [2.45, 2.75) is 19.1 Å². The number of allylic oxidation sites excluding steroid dienone is 2. The lowest BCUT2D eigenvalue weighted by Gasteiger charge is -2.06. The molecule has 1 aliphatic rings. The van der Waals surface area contributed by atoms with E-state index in [0.717, 1.165) is 24.1 Å². The molecule has 0 atom stereocenters. The Morgan fingerprint density at radius 3 is 2.83 bits per heavy atom. The van der Waals surface area contributed by atoms with Crippen molar-refractivity contribution in [2.24, 2.45) is 0 Å². The monoisotopic (exact) mass is 166 g/mol. The van der Waals surface area contributed by atoms with Crippen molar-refractivity contribution in [1.82, 2.24) is 10.2 Å². The number of nitrogens with one attached hydrogen (secondary N) is 1.